The molecule has 0 aliphatic heterocycles. The van der Waals surface area contributed by atoms with E-state index in [-0.39, 0.29) is 5.91 Å². The highest BCUT2D eigenvalue weighted by Crippen LogP contribution is 2.26. The first kappa shape index (κ1) is 19.0. The van der Waals surface area contributed by atoms with E-state index in [1.165, 1.54) is 0 Å². The van der Waals surface area contributed by atoms with Crippen LogP contribution in [0.1, 0.15) is 22.8 Å². The summed E-state index contributed by atoms with van der Waals surface area (Å²) in [6.07, 6.45) is 1.77. The number of aromatic nitrogens is 1. The van der Waals surface area contributed by atoms with Crippen molar-refractivity contribution < 1.29 is 9.53 Å². The molecule has 27 heavy (non-hydrogen) atoms. The van der Waals surface area contributed by atoms with E-state index in [0.29, 0.717) is 18.7 Å². The minimum atomic E-state index is -0.0179. The summed E-state index contributed by atoms with van der Waals surface area (Å²) >= 11 is 1.57. The van der Waals surface area contributed by atoms with Crippen LogP contribution >= 0.6 is 11.8 Å². The Kier molecular flexibility index (Phi) is 6.49. The maximum Gasteiger partial charge on any atom is 0.253 e. The van der Waals surface area contributed by atoms with Gasteiger partial charge in [0.1, 0.15) is 10.8 Å². The summed E-state index contributed by atoms with van der Waals surface area (Å²) in [5.74, 6) is 0.803. The number of carbonyl (C=O) groups excluding carboxylic acids is 1. The summed E-state index contributed by atoms with van der Waals surface area (Å²) in [7, 11) is 1.81. The molecule has 4 nitrogen and oxygen atoms in total. The monoisotopic (exact) mass is 378 g/mol. The third-order valence-electron chi connectivity index (χ3n) is 3.99. The molecule has 0 aliphatic rings. The molecule has 0 fully saturated rings. The predicted molar refractivity (Wildman–Crippen MR) is 108 cm³/mol. The molecule has 0 atom stereocenters. The molecule has 2 aromatic carbocycles. The zero-order valence-electron chi connectivity index (χ0n) is 15.5. The molecule has 0 radical (unpaired) electrons. The number of pyridine rings is 1. The van der Waals surface area contributed by atoms with Crippen molar-refractivity contribution in [3.05, 3.63) is 84.1 Å². The Morgan fingerprint density at radius 2 is 1.78 bits per heavy atom. The van der Waals surface area contributed by atoms with Gasteiger partial charge < -0.3 is 9.64 Å². The fourth-order valence-corrected chi connectivity index (χ4v) is 3.45. The number of amides is 1. The van der Waals surface area contributed by atoms with E-state index in [0.717, 1.165) is 21.2 Å². The van der Waals surface area contributed by atoms with E-state index >= 15 is 0 Å². The highest BCUT2D eigenvalue weighted by atomic mass is 32.2. The van der Waals surface area contributed by atoms with Crippen molar-refractivity contribution >= 4 is 17.7 Å². The van der Waals surface area contributed by atoms with Gasteiger partial charge in [0, 0.05) is 35.8 Å². The molecule has 1 aromatic heterocycles. The lowest BCUT2D eigenvalue weighted by Crippen LogP contribution is -2.26. The fraction of sp³-hybridized carbons (Fsp3) is 0.182. The second-order valence-electron chi connectivity index (χ2n) is 6.00. The Morgan fingerprint density at radius 1 is 1.04 bits per heavy atom. The van der Waals surface area contributed by atoms with Gasteiger partial charge in [0.2, 0.25) is 0 Å². The van der Waals surface area contributed by atoms with Gasteiger partial charge in [-0.3, -0.25) is 4.79 Å². The Hall–Kier alpha value is -2.79. The van der Waals surface area contributed by atoms with Crippen molar-refractivity contribution in [3.63, 3.8) is 0 Å². The van der Waals surface area contributed by atoms with Gasteiger partial charge in [0.25, 0.3) is 5.91 Å². The highest BCUT2D eigenvalue weighted by Gasteiger charge is 2.14. The van der Waals surface area contributed by atoms with Gasteiger partial charge in [0.15, 0.2) is 0 Å². The van der Waals surface area contributed by atoms with Gasteiger partial charge in [-0.15, -0.1) is 0 Å². The molecule has 1 amide bonds. The molecular formula is C22H22N2O2S. The van der Waals surface area contributed by atoms with E-state index in [4.69, 9.17) is 4.74 Å². The van der Waals surface area contributed by atoms with Crippen LogP contribution in [-0.4, -0.2) is 29.4 Å². The first-order chi connectivity index (χ1) is 13.2. The second kappa shape index (κ2) is 9.24. The van der Waals surface area contributed by atoms with Gasteiger partial charge in [-0.05, 0) is 49.4 Å². The van der Waals surface area contributed by atoms with Gasteiger partial charge in [-0.1, -0.05) is 36.0 Å². The van der Waals surface area contributed by atoms with E-state index in [1.54, 1.807) is 22.9 Å². The Balaban J connectivity index is 1.66. The van der Waals surface area contributed by atoms with Crippen molar-refractivity contribution in [3.8, 4) is 5.75 Å². The number of benzene rings is 2. The number of nitrogens with zero attached hydrogens (tertiary/aromatic N) is 2. The Morgan fingerprint density at radius 3 is 2.48 bits per heavy atom. The summed E-state index contributed by atoms with van der Waals surface area (Å²) in [5, 5.41) is 0.932. The van der Waals surface area contributed by atoms with Crippen LogP contribution in [0.3, 0.4) is 0 Å². The Bertz CT molecular complexity index is 882. The molecule has 5 heteroatoms. The number of ether oxygens (including phenoxy) is 1. The topological polar surface area (TPSA) is 42.4 Å². The molecule has 1 heterocycles. The van der Waals surface area contributed by atoms with Crippen LogP contribution in [0.15, 0.2) is 82.8 Å². The third-order valence-corrected chi connectivity index (χ3v) is 4.95. The van der Waals surface area contributed by atoms with Gasteiger partial charge in [-0.2, -0.15) is 0 Å². The van der Waals surface area contributed by atoms with Crippen LogP contribution in [-0.2, 0) is 6.54 Å². The number of carbonyl (C=O) groups is 1. The summed E-state index contributed by atoms with van der Waals surface area (Å²) in [6, 6.07) is 21.3. The quantitative estimate of drug-likeness (QED) is 0.586. The van der Waals surface area contributed by atoms with E-state index in [2.05, 4.69) is 4.98 Å². The lowest BCUT2D eigenvalue weighted by molar-refractivity contribution is 0.0784. The van der Waals surface area contributed by atoms with Gasteiger partial charge in [-0.25, -0.2) is 4.98 Å². The molecule has 0 unspecified atom stereocenters. The van der Waals surface area contributed by atoms with Gasteiger partial charge in [0.05, 0.1) is 6.61 Å². The summed E-state index contributed by atoms with van der Waals surface area (Å²) in [6.45, 7) is 3.06. The number of para-hydroxylation sites is 1. The average Bonchev–Trinajstić information content (AvgIpc) is 2.70. The molecule has 0 N–H and O–H groups in total. The minimum Gasteiger partial charge on any atom is -0.494 e. The summed E-state index contributed by atoms with van der Waals surface area (Å²) in [5.41, 5.74) is 1.66. The molecule has 0 bridgehead atoms. The highest BCUT2D eigenvalue weighted by molar-refractivity contribution is 7.99. The molecule has 138 valence electrons. The number of rotatable bonds is 7. The van der Waals surface area contributed by atoms with Crippen molar-refractivity contribution in [2.24, 2.45) is 0 Å². The van der Waals surface area contributed by atoms with E-state index < -0.39 is 0 Å². The SMILES string of the molecule is CCOc1ccccc1CN(C)C(=O)c1ccc(Sc2ccccn2)cc1. The summed E-state index contributed by atoms with van der Waals surface area (Å²) in [4.78, 5) is 19.8. The first-order valence-electron chi connectivity index (χ1n) is 8.82. The zero-order chi connectivity index (χ0) is 19.1. The molecule has 0 saturated carbocycles. The summed E-state index contributed by atoms with van der Waals surface area (Å²) < 4.78 is 5.65. The lowest BCUT2D eigenvalue weighted by atomic mass is 10.1. The standard InChI is InChI=1S/C22H22N2O2S/c1-3-26-20-9-5-4-8-18(20)16-24(2)22(25)17-11-13-19(14-12-17)27-21-10-6-7-15-23-21/h4-15H,3,16H2,1-2H3. The third kappa shape index (κ3) is 5.11. The van der Waals surface area contributed by atoms with Crippen LogP contribution in [0.5, 0.6) is 5.75 Å². The van der Waals surface area contributed by atoms with Crippen LogP contribution in [0.2, 0.25) is 0 Å². The van der Waals surface area contributed by atoms with Crippen LogP contribution in [0, 0.1) is 0 Å². The molecule has 0 saturated heterocycles. The average molecular weight is 378 g/mol. The first-order valence-corrected chi connectivity index (χ1v) is 9.64. The van der Waals surface area contributed by atoms with Crippen molar-refractivity contribution in [1.82, 2.24) is 9.88 Å². The number of hydrogen-bond acceptors (Lipinski definition) is 4. The predicted octanol–water partition coefficient (Wildman–Crippen LogP) is 4.90. The van der Waals surface area contributed by atoms with Crippen molar-refractivity contribution in [1.29, 1.82) is 0 Å². The Labute approximate surface area is 164 Å². The molecule has 0 aliphatic carbocycles. The lowest BCUT2D eigenvalue weighted by Gasteiger charge is -2.19. The molecule has 0 spiro atoms. The molecular weight excluding hydrogens is 356 g/mol. The van der Waals surface area contributed by atoms with Crippen LogP contribution < -0.4 is 4.74 Å². The maximum absolute atomic E-state index is 12.8. The van der Waals surface area contributed by atoms with Gasteiger partial charge >= 0.3 is 0 Å². The van der Waals surface area contributed by atoms with E-state index in [1.807, 2.05) is 80.7 Å². The van der Waals surface area contributed by atoms with Crippen LogP contribution in [0.4, 0.5) is 0 Å². The minimum absolute atomic E-state index is 0.0179. The largest absolute Gasteiger partial charge is 0.494 e. The van der Waals surface area contributed by atoms with Crippen LogP contribution in [0.25, 0.3) is 0 Å². The van der Waals surface area contributed by atoms with E-state index in [9.17, 15) is 4.79 Å². The smallest absolute Gasteiger partial charge is 0.253 e. The van der Waals surface area contributed by atoms with Crippen molar-refractivity contribution in [2.75, 3.05) is 13.7 Å². The van der Waals surface area contributed by atoms with Crippen molar-refractivity contribution in [2.45, 2.75) is 23.4 Å². The normalized spacial score (nSPS) is 10.4. The molecule has 3 aromatic rings. The zero-order valence-corrected chi connectivity index (χ0v) is 16.3. The second-order valence-corrected chi connectivity index (χ2v) is 7.09. The number of hydrogen-bond donors (Lipinski definition) is 0. The molecule has 3 rings (SSSR count). The maximum atomic E-state index is 12.8. The fourth-order valence-electron chi connectivity index (χ4n) is 2.67.